The Balaban J connectivity index is 1.78. The Morgan fingerprint density at radius 2 is 2.15 bits per heavy atom. The van der Waals surface area contributed by atoms with E-state index in [1.807, 2.05) is 14.0 Å². The van der Waals surface area contributed by atoms with E-state index in [9.17, 15) is 9.90 Å². The highest BCUT2D eigenvalue weighted by molar-refractivity contribution is 6.04. The van der Waals surface area contributed by atoms with E-state index in [-0.39, 0.29) is 17.8 Å². The summed E-state index contributed by atoms with van der Waals surface area (Å²) in [5.41, 5.74) is 2.56. The number of aromatic nitrogens is 3. The maximum Gasteiger partial charge on any atom is 0.339 e. The molecule has 1 N–H and O–H groups in total. The standard InChI is InChI=1S/C20H28N4O3/c1-4-5-6-14-10-24(11-16(27-14)13-7-8-13)18-15(20(25)26)9-21-19-17(18)12(2)22-23(19)3/h9,13-14,16H,4-8,10-11H2,1-3H3,(H,25,26)/t14-,16-/m1/s1. The lowest BCUT2D eigenvalue weighted by Crippen LogP contribution is -2.49. The smallest absolute Gasteiger partial charge is 0.339 e. The number of anilines is 1. The highest BCUT2D eigenvalue weighted by atomic mass is 16.5. The predicted molar refractivity (Wildman–Crippen MR) is 103 cm³/mol. The molecule has 27 heavy (non-hydrogen) atoms. The molecule has 1 saturated carbocycles. The molecule has 0 radical (unpaired) electrons. The van der Waals surface area contributed by atoms with Gasteiger partial charge in [0.05, 0.1) is 29.0 Å². The quantitative estimate of drug-likeness (QED) is 0.839. The normalized spacial score (nSPS) is 23.1. The number of morpholine rings is 1. The number of aryl methyl sites for hydroxylation is 2. The molecule has 2 fully saturated rings. The Labute approximate surface area is 159 Å². The van der Waals surface area contributed by atoms with Gasteiger partial charge in [-0.3, -0.25) is 4.68 Å². The van der Waals surface area contributed by atoms with Crippen molar-refractivity contribution in [3.05, 3.63) is 17.5 Å². The molecule has 1 saturated heterocycles. The van der Waals surface area contributed by atoms with E-state index in [0.29, 0.717) is 5.92 Å². The van der Waals surface area contributed by atoms with Gasteiger partial charge in [0.2, 0.25) is 0 Å². The number of fused-ring (bicyclic) bond motifs is 1. The van der Waals surface area contributed by atoms with Crippen molar-refractivity contribution in [2.75, 3.05) is 18.0 Å². The Bertz CT molecular complexity index is 859. The van der Waals surface area contributed by atoms with Gasteiger partial charge in [0.15, 0.2) is 5.65 Å². The van der Waals surface area contributed by atoms with E-state index in [2.05, 4.69) is 21.9 Å². The van der Waals surface area contributed by atoms with Crippen LogP contribution in [0.3, 0.4) is 0 Å². The van der Waals surface area contributed by atoms with Crippen LogP contribution in [0.1, 0.15) is 55.1 Å². The van der Waals surface area contributed by atoms with Crippen molar-refractivity contribution in [3.8, 4) is 0 Å². The Morgan fingerprint density at radius 3 is 2.81 bits per heavy atom. The molecule has 2 aromatic heterocycles. The number of rotatable bonds is 6. The molecule has 1 aliphatic heterocycles. The number of hydrogen-bond acceptors (Lipinski definition) is 5. The van der Waals surface area contributed by atoms with Gasteiger partial charge in [0.1, 0.15) is 5.56 Å². The van der Waals surface area contributed by atoms with Crippen LogP contribution in [0.4, 0.5) is 5.69 Å². The fourth-order valence-electron chi connectivity index (χ4n) is 4.25. The van der Waals surface area contributed by atoms with Crippen LogP contribution >= 0.6 is 0 Å². The number of aromatic carboxylic acids is 1. The summed E-state index contributed by atoms with van der Waals surface area (Å²) in [5, 5.41) is 15.2. The van der Waals surface area contributed by atoms with Crippen LogP contribution in [0.25, 0.3) is 11.0 Å². The summed E-state index contributed by atoms with van der Waals surface area (Å²) >= 11 is 0. The third kappa shape index (κ3) is 3.40. The van der Waals surface area contributed by atoms with Crippen molar-refractivity contribution in [3.63, 3.8) is 0 Å². The van der Waals surface area contributed by atoms with Gasteiger partial charge in [-0.2, -0.15) is 5.10 Å². The molecule has 0 bridgehead atoms. The van der Waals surface area contributed by atoms with Crippen molar-refractivity contribution in [1.82, 2.24) is 14.8 Å². The summed E-state index contributed by atoms with van der Waals surface area (Å²) in [6.45, 7) is 5.57. The SMILES string of the molecule is CCCC[C@@H]1CN(c2c(C(=O)O)cnc3c2c(C)nn3C)C[C@H](C2CC2)O1. The monoisotopic (exact) mass is 372 g/mol. The van der Waals surface area contributed by atoms with Crippen LogP contribution in [0, 0.1) is 12.8 Å². The molecule has 3 heterocycles. The van der Waals surface area contributed by atoms with Crippen LogP contribution < -0.4 is 4.90 Å². The molecule has 0 unspecified atom stereocenters. The van der Waals surface area contributed by atoms with Gasteiger partial charge in [0.25, 0.3) is 0 Å². The van der Waals surface area contributed by atoms with E-state index in [1.165, 1.54) is 19.0 Å². The van der Waals surface area contributed by atoms with E-state index < -0.39 is 5.97 Å². The topological polar surface area (TPSA) is 80.5 Å². The Hall–Kier alpha value is -2.15. The summed E-state index contributed by atoms with van der Waals surface area (Å²) in [4.78, 5) is 18.6. The third-order valence-electron chi connectivity index (χ3n) is 5.77. The summed E-state index contributed by atoms with van der Waals surface area (Å²) < 4.78 is 8.12. The Kier molecular flexibility index (Phi) is 4.80. The summed E-state index contributed by atoms with van der Waals surface area (Å²) in [6, 6.07) is 0. The lowest BCUT2D eigenvalue weighted by molar-refractivity contribution is -0.0409. The minimum absolute atomic E-state index is 0.145. The largest absolute Gasteiger partial charge is 0.478 e. The van der Waals surface area contributed by atoms with Gasteiger partial charge in [-0.25, -0.2) is 9.78 Å². The van der Waals surface area contributed by atoms with Crippen LogP contribution in [-0.4, -0.2) is 51.1 Å². The lowest BCUT2D eigenvalue weighted by atomic mass is 10.0. The first-order chi connectivity index (χ1) is 13.0. The zero-order valence-electron chi connectivity index (χ0n) is 16.3. The molecule has 1 aliphatic carbocycles. The maximum absolute atomic E-state index is 12.0. The Morgan fingerprint density at radius 1 is 1.37 bits per heavy atom. The molecule has 2 aromatic rings. The second-order valence-corrected chi connectivity index (χ2v) is 7.91. The van der Waals surface area contributed by atoms with E-state index in [4.69, 9.17) is 4.74 Å². The summed E-state index contributed by atoms with van der Waals surface area (Å²) in [7, 11) is 1.85. The molecule has 2 aliphatic rings. The van der Waals surface area contributed by atoms with Gasteiger partial charge >= 0.3 is 5.97 Å². The predicted octanol–water partition coefficient (Wildman–Crippen LogP) is 3.15. The third-order valence-corrected chi connectivity index (χ3v) is 5.77. The molecule has 0 spiro atoms. The number of nitrogens with zero attached hydrogens (tertiary/aromatic N) is 4. The number of hydrogen-bond donors (Lipinski definition) is 1. The lowest BCUT2D eigenvalue weighted by Gasteiger charge is -2.40. The average molecular weight is 372 g/mol. The van der Waals surface area contributed by atoms with Gasteiger partial charge in [-0.05, 0) is 32.1 Å². The zero-order valence-corrected chi connectivity index (χ0v) is 16.3. The molecular weight excluding hydrogens is 344 g/mol. The summed E-state index contributed by atoms with van der Waals surface area (Å²) in [5.74, 6) is -0.334. The highest BCUT2D eigenvalue weighted by Gasteiger charge is 2.39. The first-order valence-electron chi connectivity index (χ1n) is 9.95. The molecule has 4 rings (SSSR count). The molecular formula is C20H28N4O3. The number of ether oxygens (including phenoxy) is 1. The second kappa shape index (κ2) is 7.11. The number of pyridine rings is 1. The number of carbonyl (C=O) groups is 1. The van der Waals surface area contributed by atoms with Crippen molar-refractivity contribution < 1.29 is 14.6 Å². The first kappa shape index (κ1) is 18.2. The molecule has 0 aromatic carbocycles. The van der Waals surface area contributed by atoms with Gasteiger partial charge in [0, 0.05) is 26.3 Å². The van der Waals surface area contributed by atoms with Gasteiger partial charge < -0.3 is 14.7 Å². The molecule has 7 nitrogen and oxygen atoms in total. The minimum Gasteiger partial charge on any atom is -0.478 e. The summed E-state index contributed by atoms with van der Waals surface area (Å²) in [6.07, 6.45) is 7.50. The minimum atomic E-state index is -0.942. The van der Waals surface area contributed by atoms with Gasteiger partial charge in [-0.1, -0.05) is 19.8 Å². The fourth-order valence-corrected chi connectivity index (χ4v) is 4.25. The van der Waals surface area contributed by atoms with E-state index >= 15 is 0 Å². The number of carboxylic acids is 1. The van der Waals surface area contributed by atoms with Crippen LogP contribution in [0.5, 0.6) is 0 Å². The van der Waals surface area contributed by atoms with Crippen LogP contribution in [-0.2, 0) is 11.8 Å². The zero-order chi connectivity index (χ0) is 19.1. The van der Waals surface area contributed by atoms with Crippen LogP contribution in [0.15, 0.2) is 6.20 Å². The van der Waals surface area contributed by atoms with Crippen molar-refractivity contribution in [2.24, 2.45) is 13.0 Å². The first-order valence-corrected chi connectivity index (χ1v) is 9.95. The van der Waals surface area contributed by atoms with Crippen LogP contribution in [0.2, 0.25) is 0 Å². The van der Waals surface area contributed by atoms with Crippen molar-refractivity contribution in [2.45, 2.75) is 58.2 Å². The molecule has 0 amide bonds. The van der Waals surface area contributed by atoms with Gasteiger partial charge in [-0.15, -0.1) is 0 Å². The highest BCUT2D eigenvalue weighted by Crippen LogP contribution is 2.40. The van der Waals surface area contributed by atoms with E-state index in [0.717, 1.165) is 54.8 Å². The fraction of sp³-hybridized carbons (Fsp3) is 0.650. The van der Waals surface area contributed by atoms with Crippen molar-refractivity contribution >= 4 is 22.7 Å². The maximum atomic E-state index is 12.0. The van der Waals surface area contributed by atoms with Crippen molar-refractivity contribution in [1.29, 1.82) is 0 Å². The van der Waals surface area contributed by atoms with E-state index in [1.54, 1.807) is 4.68 Å². The average Bonchev–Trinajstić information content (AvgIpc) is 3.45. The molecule has 2 atom stereocenters. The molecule has 7 heteroatoms. The molecule has 146 valence electrons. The second-order valence-electron chi connectivity index (χ2n) is 7.91. The number of unbranched alkanes of at least 4 members (excludes halogenated alkanes) is 1. The number of carboxylic acid groups (broad SMARTS) is 1.